The summed E-state index contributed by atoms with van der Waals surface area (Å²) in [6, 6.07) is 3.31. The van der Waals surface area contributed by atoms with Gasteiger partial charge < -0.3 is 9.84 Å². The highest BCUT2D eigenvalue weighted by Gasteiger charge is 2.34. The average molecular weight is 426 g/mol. The lowest BCUT2D eigenvalue weighted by atomic mass is 9.82. The van der Waals surface area contributed by atoms with Crippen LogP contribution < -0.4 is 9.64 Å². The lowest BCUT2D eigenvalue weighted by Crippen LogP contribution is -2.42. The van der Waals surface area contributed by atoms with Crippen molar-refractivity contribution in [2.75, 3.05) is 4.90 Å². The van der Waals surface area contributed by atoms with E-state index in [2.05, 4.69) is 12.0 Å². The van der Waals surface area contributed by atoms with Gasteiger partial charge in [-0.25, -0.2) is 9.48 Å². The number of carbonyl (C=O) groups excluding carboxylic acids is 1. The number of halogens is 1. The van der Waals surface area contributed by atoms with Crippen molar-refractivity contribution in [3.05, 3.63) is 22.7 Å². The van der Waals surface area contributed by atoms with Crippen molar-refractivity contribution in [2.45, 2.75) is 52.5 Å². The Morgan fingerprint density at radius 3 is 2.54 bits per heavy atom. The van der Waals surface area contributed by atoms with E-state index in [1.165, 1.54) is 22.2 Å². The molecule has 152 valence electrons. The summed E-state index contributed by atoms with van der Waals surface area (Å²) in [6.07, 6.45) is 3.72. The molecular formula is C19H24ClN3O4S. The Bertz CT molecular complexity index is 855. The quantitative estimate of drug-likeness (QED) is 0.664. The molecule has 7 nitrogen and oxygen atoms in total. The van der Waals surface area contributed by atoms with Gasteiger partial charge in [0.1, 0.15) is 5.00 Å². The van der Waals surface area contributed by atoms with Crippen LogP contribution in [-0.2, 0) is 4.79 Å². The van der Waals surface area contributed by atoms with Crippen molar-refractivity contribution in [2.24, 2.45) is 11.8 Å². The van der Waals surface area contributed by atoms with Crippen molar-refractivity contribution in [3.63, 3.8) is 0 Å². The van der Waals surface area contributed by atoms with Gasteiger partial charge in [-0.15, -0.1) is 16.4 Å². The fourth-order valence-electron chi connectivity index (χ4n) is 3.53. The van der Waals surface area contributed by atoms with Gasteiger partial charge in [0, 0.05) is 12.0 Å². The van der Waals surface area contributed by atoms with Gasteiger partial charge in [-0.05, 0) is 57.6 Å². The summed E-state index contributed by atoms with van der Waals surface area (Å²) in [6.45, 7) is 5.97. The summed E-state index contributed by atoms with van der Waals surface area (Å²) in [7, 11) is 0. The van der Waals surface area contributed by atoms with Crippen LogP contribution in [-0.4, -0.2) is 33.0 Å². The van der Waals surface area contributed by atoms with E-state index in [-0.39, 0.29) is 29.4 Å². The number of aromatic nitrogens is 2. The maximum atomic E-state index is 13.3. The Morgan fingerprint density at radius 2 is 2.00 bits per heavy atom. The van der Waals surface area contributed by atoms with Crippen LogP contribution in [0.25, 0.3) is 5.00 Å². The summed E-state index contributed by atoms with van der Waals surface area (Å²) in [5, 5.41) is 14.3. The molecule has 0 aromatic carbocycles. The van der Waals surface area contributed by atoms with Crippen LogP contribution in [0.5, 0.6) is 5.75 Å². The summed E-state index contributed by atoms with van der Waals surface area (Å²) in [5.74, 6) is 0.753. The maximum absolute atomic E-state index is 13.3. The number of carboxylic acid groups (broad SMARTS) is 1. The van der Waals surface area contributed by atoms with E-state index in [0.717, 1.165) is 25.7 Å². The van der Waals surface area contributed by atoms with Crippen LogP contribution in [0.3, 0.4) is 0 Å². The zero-order valence-electron chi connectivity index (χ0n) is 16.1. The van der Waals surface area contributed by atoms with E-state index in [1.807, 2.05) is 13.8 Å². The van der Waals surface area contributed by atoms with Gasteiger partial charge in [0.2, 0.25) is 11.7 Å². The molecule has 1 amide bonds. The van der Waals surface area contributed by atoms with E-state index < -0.39 is 6.16 Å². The second-order valence-corrected chi connectivity index (χ2v) is 9.16. The molecule has 1 aliphatic carbocycles. The Morgan fingerprint density at radius 1 is 1.32 bits per heavy atom. The Kier molecular flexibility index (Phi) is 6.30. The molecule has 2 aromatic rings. The first kappa shape index (κ1) is 20.7. The number of amides is 1. The van der Waals surface area contributed by atoms with Crippen LogP contribution in [0, 0.1) is 11.8 Å². The third-order valence-electron chi connectivity index (χ3n) is 4.99. The highest BCUT2D eigenvalue weighted by atomic mass is 35.5. The molecule has 1 N–H and O–H groups in total. The van der Waals surface area contributed by atoms with Crippen molar-refractivity contribution in [1.82, 2.24) is 9.78 Å². The molecule has 0 radical (unpaired) electrons. The van der Waals surface area contributed by atoms with E-state index in [0.29, 0.717) is 15.3 Å². The molecule has 2 aromatic heterocycles. The van der Waals surface area contributed by atoms with Gasteiger partial charge in [0.25, 0.3) is 0 Å². The standard InChI is InChI=1S/C19H24ClN3O4S/c1-11(2)23(18(24)13-6-4-12(3)5-7-13)17-14(27-19(25)26)10-22(21-17)16-9-8-15(20)28-16/h8-13H,4-7H2,1-3H3,(H,25,26). The first-order chi connectivity index (χ1) is 13.3. The van der Waals surface area contributed by atoms with Gasteiger partial charge in [-0.3, -0.25) is 9.69 Å². The highest BCUT2D eigenvalue weighted by Crippen LogP contribution is 2.36. The molecule has 0 bridgehead atoms. The van der Waals surface area contributed by atoms with Gasteiger partial charge in [0.15, 0.2) is 5.75 Å². The average Bonchev–Trinajstić information content (AvgIpc) is 3.22. The first-order valence-corrected chi connectivity index (χ1v) is 10.5. The Labute approximate surface area is 172 Å². The topological polar surface area (TPSA) is 84.7 Å². The second-order valence-electron chi connectivity index (χ2n) is 7.47. The number of rotatable bonds is 5. The SMILES string of the molecule is CC1CCC(C(=O)N(c2nn(-c3ccc(Cl)s3)cc2OC(=O)O)C(C)C)CC1. The van der Waals surface area contributed by atoms with E-state index in [4.69, 9.17) is 21.4 Å². The monoisotopic (exact) mass is 425 g/mol. The number of anilines is 1. The van der Waals surface area contributed by atoms with Crippen LogP contribution in [0.1, 0.15) is 46.5 Å². The van der Waals surface area contributed by atoms with Gasteiger partial charge >= 0.3 is 6.16 Å². The molecule has 1 fully saturated rings. The number of nitrogens with zero attached hydrogens (tertiary/aromatic N) is 3. The molecule has 1 aliphatic rings. The first-order valence-electron chi connectivity index (χ1n) is 9.35. The smallest absolute Gasteiger partial charge is 0.449 e. The minimum absolute atomic E-state index is 0.0308. The second kappa shape index (κ2) is 8.53. The number of thiophene rings is 1. The Balaban J connectivity index is 1.97. The van der Waals surface area contributed by atoms with Gasteiger partial charge in [0.05, 0.1) is 10.5 Å². The number of hydrogen-bond donors (Lipinski definition) is 1. The van der Waals surface area contributed by atoms with Crippen molar-refractivity contribution >= 4 is 40.8 Å². The minimum Gasteiger partial charge on any atom is -0.449 e. The summed E-state index contributed by atoms with van der Waals surface area (Å²) in [5.41, 5.74) is 0. The van der Waals surface area contributed by atoms with Crippen LogP contribution in [0.4, 0.5) is 10.6 Å². The zero-order chi connectivity index (χ0) is 20.4. The molecular weight excluding hydrogens is 402 g/mol. The normalized spacial score (nSPS) is 19.6. The predicted octanol–water partition coefficient (Wildman–Crippen LogP) is 5.21. The molecule has 0 aliphatic heterocycles. The molecule has 2 heterocycles. The molecule has 1 saturated carbocycles. The van der Waals surface area contributed by atoms with Crippen LogP contribution in [0.15, 0.2) is 18.3 Å². The molecule has 0 spiro atoms. The predicted molar refractivity (Wildman–Crippen MR) is 109 cm³/mol. The zero-order valence-corrected chi connectivity index (χ0v) is 17.7. The number of hydrogen-bond acceptors (Lipinski definition) is 5. The van der Waals surface area contributed by atoms with Gasteiger partial charge in [-0.2, -0.15) is 0 Å². The van der Waals surface area contributed by atoms with Crippen LogP contribution in [0.2, 0.25) is 4.34 Å². The largest absolute Gasteiger partial charge is 0.511 e. The van der Waals surface area contributed by atoms with Crippen molar-refractivity contribution in [1.29, 1.82) is 0 Å². The Hall–Kier alpha value is -2.06. The van der Waals surface area contributed by atoms with E-state index in [9.17, 15) is 9.59 Å². The van der Waals surface area contributed by atoms with Gasteiger partial charge in [-0.1, -0.05) is 18.5 Å². The molecule has 0 atom stereocenters. The lowest BCUT2D eigenvalue weighted by molar-refractivity contribution is -0.124. The molecule has 28 heavy (non-hydrogen) atoms. The number of carbonyl (C=O) groups is 2. The summed E-state index contributed by atoms with van der Waals surface area (Å²) < 4.78 is 7.03. The fourth-order valence-corrected chi connectivity index (χ4v) is 4.49. The van der Waals surface area contributed by atoms with E-state index >= 15 is 0 Å². The summed E-state index contributed by atoms with van der Waals surface area (Å²) in [4.78, 5) is 26.0. The molecule has 9 heteroatoms. The van der Waals surface area contributed by atoms with Crippen molar-refractivity contribution in [3.8, 4) is 10.8 Å². The number of ether oxygens (including phenoxy) is 1. The van der Waals surface area contributed by atoms with Crippen LogP contribution >= 0.6 is 22.9 Å². The van der Waals surface area contributed by atoms with Crippen molar-refractivity contribution < 1.29 is 19.4 Å². The lowest BCUT2D eigenvalue weighted by Gasteiger charge is -2.32. The third kappa shape index (κ3) is 4.50. The molecule has 3 rings (SSSR count). The maximum Gasteiger partial charge on any atom is 0.511 e. The fraction of sp³-hybridized carbons (Fsp3) is 0.526. The van der Waals surface area contributed by atoms with E-state index in [1.54, 1.807) is 17.0 Å². The summed E-state index contributed by atoms with van der Waals surface area (Å²) >= 11 is 7.30. The highest BCUT2D eigenvalue weighted by molar-refractivity contribution is 7.18. The third-order valence-corrected chi connectivity index (χ3v) is 6.21. The molecule has 0 saturated heterocycles. The molecule has 0 unspecified atom stereocenters. The minimum atomic E-state index is -1.45.